The number of ether oxygens (including phenoxy) is 2. The first kappa shape index (κ1) is 44.7. The molecular weight excluding hydrogens is 755 g/mol. The molecule has 2 saturated heterocycles. The number of morpholine rings is 1. The summed E-state index contributed by atoms with van der Waals surface area (Å²) in [6.45, 7) is 3.55. The maximum Gasteiger partial charge on any atom is 0.490 e. The summed E-state index contributed by atoms with van der Waals surface area (Å²) in [4.78, 5) is 53.7. The number of methoxy groups -OCH3 is 1. The van der Waals surface area contributed by atoms with Gasteiger partial charge in [0.25, 0.3) is 5.91 Å². The van der Waals surface area contributed by atoms with Gasteiger partial charge in [0, 0.05) is 57.2 Å². The van der Waals surface area contributed by atoms with E-state index >= 15 is 0 Å². The molecule has 54 heavy (non-hydrogen) atoms. The molecule has 2 aliphatic rings. The van der Waals surface area contributed by atoms with Gasteiger partial charge in [-0.1, -0.05) is 24.3 Å². The number of likely N-dealkylation sites (tertiary alicyclic amines) is 1. The number of carbonyl (C=O) groups is 4. The molecule has 296 valence electrons. The molecule has 4 heterocycles. The van der Waals surface area contributed by atoms with Crippen molar-refractivity contribution in [2.75, 3.05) is 33.4 Å². The standard InChI is InChI=1S/C26H28N4O3.3C2HF3O2/c1-32-23-9-7-20(8-10-23)16-30-13-14-33-26(25(30)31)19-29(17-22-6-2-3-12-28-22)18-24(26)21-5-4-11-27-15-21;3*3-2(4,5)1(6)7/h2-12,15,24H,13-14,16-19H2,1H3;3*(H,6,7). The first-order chi connectivity index (χ1) is 25.0. The second-order valence-electron chi connectivity index (χ2n) is 11.1. The Morgan fingerprint density at radius 3 is 1.83 bits per heavy atom. The number of carboxylic acid groups (broad SMARTS) is 3. The normalized spacial score (nSPS) is 18.6. The molecule has 2 atom stereocenters. The van der Waals surface area contributed by atoms with Crippen LogP contribution in [-0.2, 0) is 37.0 Å². The van der Waals surface area contributed by atoms with E-state index in [4.69, 9.17) is 39.2 Å². The minimum atomic E-state index is -5.08. The van der Waals surface area contributed by atoms with Crippen LogP contribution in [0.3, 0.4) is 0 Å². The van der Waals surface area contributed by atoms with E-state index in [2.05, 4.69) is 14.9 Å². The number of carboxylic acids is 3. The van der Waals surface area contributed by atoms with Crippen molar-refractivity contribution in [2.24, 2.45) is 0 Å². The van der Waals surface area contributed by atoms with Gasteiger partial charge in [-0.2, -0.15) is 39.5 Å². The van der Waals surface area contributed by atoms with Crippen molar-refractivity contribution in [3.05, 3.63) is 90.0 Å². The van der Waals surface area contributed by atoms with E-state index in [9.17, 15) is 44.3 Å². The van der Waals surface area contributed by atoms with Gasteiger partial charge in [0.2, 0.25) is 0 Å². The Bertz CT molecular complexity index is 1620. The molecule has 5 rings (SSSR count). The van der Waals surface area contributed by atoms with Crippen LogP contribution in [0.25, 0.3) is 0 Å². The van der Waals surface area contributed by atoms with Crippen LogP contribution in [0.4, 0.5) is 39.5 Å². The number of aromatic nitrogens is 2. The lowest BCUT2D eigenvalue weighted by molar-refractivity contribution is -0.193. The molecule has 0 aliphatic carbocycles. The molecule has 2 aromatic heterocycles. The summed E-state index contributed by atoms with van der Waals surface area (Å²) in [5.41, 5.74) is 2.16. The van der Waals surface area contributed by atoms with Gasteiger partial charge in [-0.25, -0.2) is 14.4 Å². The third-order valence-corrected chi connectivity index (χ3v) is 7.29. The molecule has 2 unspecified atom stereocenters. The molecule has 0 saturated carbocycles. The highest BCUT2D eigenvalue weighted by molar-refractivity contribution is 5.88. The SMILES string of the molecule is COc1ccc(CN2CCOC3(CN(Cc4ccccn4)CC3c3cccnc3)C2=O)cc1.O=C(O)C(F)(F)F.O=C(O)C(F)(F)F.O=C(O)C(F)(F)F. The minimum absolute atomic E-state index is 0.0435. The number of amides is 1. The number of rotatable bonds is 6. The molecule has 1 aromatic carbocycles. The third kappa shape index (κ3) is 13.5. The number of benzene rings is 1. The van der Waals surface area contributed by atoms with Crippen molar-refractivity contribution < 1.29 is 83.5 Å². The highest BCUT2D eigenvalue weighted by atomic mass is 19.4. The van der Waals surface area contributed by atoms with Crippen molar-refractivity contribution in [1.29, 1.82) is 0 Å². The second-order valence-corrected chi connectivity index (χ2v) is 11.1. The topological polar surface area (TPSA) is 180 Å². The Balaban J connectivity index is 0.000000393. The number of carbonyl (C=O) groups excluding carboxylic acids is 1. The maximum atomic E-state index is 14.0. The van der Waals surface area contributed by atoms with Crippen molar-refractivity contribution in [3.63, 3.8) is 0 Å². The van der Waals surface area contributed by atoms with E-state index in [0.717, 1.165) is 22.6 Å². The van der Waals surface area contributed by atoms with Crippen molar-refractivity contribution in [1.82, 2.24) is 19.8 Å². The summed E-state index contributed by atoms with van der Waals surface area (Å²) in [6.07, 6.45) is -9.83. The molecule has 3 aromatic rings. The number of halogens is 9. The van der Waals surface area contributed by atoms with E-state index in [1.165, 1.54) is 0 Å². The lowest BCUT2D eigenvalue weighted by Gasteiger charge is -2.42. The predicted molar refractivity (Wildman–Crippen MR) is 165 cm³/mol. The fourth-order valence-electron chi connectivity index (χ4n) is 4.94. The van der Waals surface area contributed by atoms with E-state index < -0.39 is 42.0 Å². The number of pyridine rings is 2. The first-order valence-electron chi connectivity index (χ1n) is 15.0. The number of hydrogen-bond donors (Lipinski definition) is 3. The lowest BCUT2D eigenvalue weighted by atomic mass is 9.83. The molecule has 3 N–H and O–H groups in total. The Hall–Kier alpha value is -5.51. The smallest absolute Gasteiger partial charge is 0.490 e. The van der Waals surface area contributed by atoms with Crippen LogP contribution in [-0.4, -0.2) is 116 Å². The molecule has 0 bridgehead atoms. The van der Waals surface area contributed by atoms with Gasteiger partial charge >= 0.3 is 36.4 Å². The Morgan fingerprint density at radius 2 is 1.39 bits per heavy atom. The average Bonchev–Trinajstić information content (AvgIpc) is 3.45. The highest BCUT2D eigenvalue weighted by Gasteiger charge is 2.57. The predicted octanol–water partition coefficient (Wildman–Crippen LogP) is 4.78. The molecule has 22 heteroatoms. The van der Waals surface area contributed by atoms with Crippen molar-refractivity contribution >= 4 is 23.8 Å². The number of hydrogen-bond acceptors (Lipinski definition) is 9. The molecule has 2 aliphatic heterocycles. The maximum absolute atomic E-state index is 14.0. The van der Waals surface area contributed by atoms with Gasteiger partial charge in [0.1, 0.15) is 5.75 Å². The van der Waals surface area contributed by atoms with Gasteiger partial charge in [0.05, 0.1) is 19.4 Å². The monoisotopic (exact) mass is 786 g/mol. The van der Waals surface area contributed by atoms with Gasteiger partial charge in [-0.3, -0.25) is 19.7 Å². The fraction of sp³-hybridized carbons (Fsp3) is 0.375. The summed E-state index contributed by atoms with van der Waals surface area (Å²) in [7, 11) is 1.65. The fourth-order valence-corrected chi connectivity index (χ4v) is 4.94. The molecular formula is C32H31F9N4O9. The van der Waals surface area contributed by atoms with Gasteiger partial charge in [-0.15, -0.1) is 0 Å². The van der Waals surface area contributed by atoms with Crippen LogP contribution < -0.4 is 4.74 Å². The quantitative estimate of drug-likeness (QED) is 0.292. The molecule has 0 radical (unpaired) electrons. The second kappa shape index (κ2) is 19.0. The van der Waals surface area contributed by atoms with Gasteiger partial charge in [0.15, 0.2) is 5.60 Å². The Morgan fingerprint density at radius 1 is 0.833 bits per heavy atom. The molecule has 2 fully saturated rings. The Kier molecular flexibility index (Phi) is 15.7. The zero-order valence-corrected chi connectivity index (χ0v) is 27.7. The lowest BCUT2D eigenvalue weighted by Crippen LogP contribution is -2.59. The van der Waals surface area contributed by atoms with Gasteiger partial charge < -0.3 is 29.7 Å². The van der Waals surface area contributed by atoms with Crippen LogP contribution >= 0.6 is 0 Å². The number of nitrogens with zero attached hydrogens (tertiary/aromatic N) is 4. The zero-order valence-electron chi connectivity index (χ0n) is 27.7. The largest absolute Gasteiger partial charge is 0.497 e. The Labute approximate surface area is 299 Å². The minimum Gasteiger partial charge on any atom is -0.497 e. The van der Waals surface area contributed by atoms with E-state index in [0.29, 0.717) is 39.3 Å². The first-order valence-corrected chi connectivity index (χ1v) is 15.0. The van der Waals surface area contributed by atoms with Crippen LogP contribution in [0.15, 0.2) is 73.2 Å². The number of alkyl halides is 9. The van der Waals surface area contributed by atoms with E-state index in [1.807, 2.05) is 65.7 Å². The van der Waals surface area contributed by atoms with Gasteiger partial charge in [-0.05, 0) is 41.5 Å². The summed E-state index contributed by atoms with van der Waals surface area (Å²) >= 11 is 0. The molecule has 13 nitrogen and oxygen atoms in total. The number of aliphatic carboxylic acids is 3. The van der Waals surface area contributed by atoms with Crippen molar-refractivity contribution in [2.45, 2.75) is 43.1 Å². The summed E-state index contributed by atoms with van der Waals surface area (Å²) < 4.78 is 107. The van der Waals surface area contributed by atoms with E-state index in [1.54, 1.807) is 19.5 Å². The van der Waals surface area contributed by atoms with Crippen LogP contribution in [0.1, 0.15) is 22.7 Å². The summed E-state index contributed by atoms with van der Waals surface area (Å²) in [6, 6.07) is 17.8. The van der Waals surface area contributed by atoms with E-state index in [-0.39, 0.29) is 11.8 Å². The van der Waals surface area contributed by atoms with Crippen molar-refractivity contribution in [3.8, 4) is 5.75 Å². The summed E-state index contributed by atoms with van der Waals surface area (Å²) in [5, 5.41) is 21.4. The summed E-state index contributed by atoms with van der Waals surface area (Å²) in [5.74, 6) is -7.52. The zero-order chi connectivity index (χ0) is 40.9. The van der Waals surface area contributed by atoms with Crippen LogP contribution in [0.2, 0.25) is 0 Å². The third-order valence-electron chi connectivity index (χ3n) is 7.29. The molecule has 1 spiro atoms. The average molecular weight is 787 g/mol. The van der Waals surface area contributed by atoms with Crippen LogP contribution in [0, 0.1) is 0 Å². The van der Waals surface area contributed by atoms with Crippen LogP contribution in [0.5, 0.6) is 5.75 Å². The highest BCUT2D eigenvalue weighted by Crippen LogP contribution is 2.42. The molecule has 1 amide bonds.